The third kappa shape index (κ3) is 3.21. The summed E-state index contributed by atoms with van der Waals surface area (Å²) in [6.45, 7) is 5.79. The van der Waals surface area contributed by atoms with Crippen molar-refractivity contribution in [2.45, 2.75) is 30.7 Å². The summed E-state index contributed by atoms with van der Waals surface area (Å²) in [7, 11) is 0. The van der Waals surface area contributed by atoms with E-state index in [1.165, 1.54) is 4.70 Å². The molecule has 0 saturated heterocycles. The van der Waals surface area contributed by atoms with E-state index in [-0.39, 0.29) is 5.92 Å². The van der Waals surface area contributed by atoms with Gasteiger partial charge in [-0.1, -0.05) is 30.8 Å². The predicted molar refractivity (Wildman–Crippen MR) is 75.8 cm³/mol. The molecule has 1 heterocycles. The van der Waals surface area contributed by atoms with E-state index in [2.05, 4.69) is 18.0 Å². The Morgan fingerprint density at radius 2 is 2.12 bits per heavy atom. The van der Waals surface area contributed by atoms with Crippen molar-refractivity contribution in [3.8, 4) is 0 Å². The fourth-order valence-corrected chi connectivity index (χ4v) is 3.68. The largest absolute Gasteiger partial charge is 0.390 e. The summed E-state index contributed by atoms with van der Waals surface area (Å²) in [6, 6.07) is 8.18. The minimum atomic E-state index is -0.621. The summed E-state index contributed by atoms with van der Waals surface area (Å²) >= 11 is 3.45. The Hall–Kier alpha value is -0.580. The number of fused-ring (bicyclic) bond motifs is 1. The smallest absolute Gasteiger partial charge is 0.151 e. The van der Waals surface area contributed by atoms with Gasteiger partial charge in [-0.3, -0.25) is 0 Å². The van der Waals surface area contributed by atoms with Gasteiger partial charge in [0, 0.05) is 5.75 Å². The van der Waals surface area contributed by atoms with Gasteiger partial charge in [-0.25, -0.2) is 4.98 Å². The first-order chi connectivity index (χ1) is 7.97. The Morgan fingerprint density at radius 3 is 2.76 bits per heavy atom. The SMILES string of the molecule is CC(CSc1nc2ccccc2s1)C(C)(C)O. The number of aliphatic hydroxyl groups is 1. The van der Waals surface area contributed by atoms with Crippen LogP contribution in [0.15, 0.2) is 28.6 Å². The van der Waals surface area contributed by atoms with Crippen molar-refractivity contribution in [1.29, 1.82) is 0 Å². The maximum Gasteiger partial charge on any atom is 0.151 e. The monoisotopic (exact) mass is 267 g/mol. The average Bonchev–Trinajstić information content (AvgIpc) is 2.66. The van der Waals surface area contributed by atoms with E-state index < -0.39 is 5.60 Å². The second-order valence-corrected chi connectivity index (χ2v) is 7.11. The van der Waals surface area contributed by atoms with Crippen LogP contribution in [0, 0.1) is 5.92 Å². The van der Waals surface area contributed by atoms with Gasteiger partial charge >= 0.3 is 0 Å². The van der Waals surface area contributed by atoms with E-state index in [1.807, 2.05) is 32.0 Å². The zero-order valence-electron chi connectivity index (χ0n) is 10.3. The molecule has 17 heavy (non-hydrogen) atoms. The molecule has 0 aliphatic rings. The highest BCUT2D eigenvalue weighted by molar-refractivity contribution is 8.01. The second-order valence-electron chi connectivity index (χ2n) is 4.81. The molecule has 0 radical (unpaired) electrons. The Labute approximate surface area is 110 Å². The fourth-order valence-electron chi connectivity index (χ4n) is 1.31. The van der Waals surface area contributed by atoms with Crippen LogP contribution in [0.25, 0.3) is 10.2 Å². The van der Waals surface area contributed by atoms with Crippen molar-refractivity contribution < 1.29 is 5.11 Å². The van der Waals surface area contributed by atoms with Crippen LogP contribution in [0.2, 0.25) is 0 Å². The minimum Gasteiger partial charge on any atom is -0.390 e. The number of benzene rings is 1. The Bertz CT molecular complexity index is 468. The van der Waals surface area contributed by atoms with Crippen molar-refractivity contribution in [2.24, 2.45) is 5.92 Å². The molecule has 1 unspecified atom stereocenters. The van der Waals surface area contributed by atoms with Gasteiger partial charge in [0.2, 0.25) is 0 Å². The number of thioether (sulfide) groups is 1. The van der Waals surface area contributed by atoms with Crippen molar-refractivity contribution in [2.75, 3.05) is 5.75 Å². The standard InChI is InChI=1S/C13H17NOS2/c1-9(13(2,3)15)8-16-12-14-10-6-4-5-7-11(10)17-12/h4-7,9,15H,8H2,1-3H3. The zero-order valence-corrected chi connectivity index (χ0v) is 11.9. The molecule has 0 spiro atoms. The summed E-state index contributed by atoms with van der Waals surface area (Å²) < 4.78 is 2.31. The maximum absolute atomic E-state index is 9.87. The summed E-state index contributed by atoms with van der Waals surface area (Å²) in [5.41, 5.74) is 0.444. The molecule has 1 N–H and O–H groups in total. The first kappa shape index (κ1) is 12.9. The van der Waals surface area contributed by atoms with Crippen LogP contribution in [-0.2, 0) is 0 Å². The number of hydrogen-bond acceptors (Lipinski definition) is 4. The zero-order chi connectivity index (χ0) is 12.5. The lowest BCUT2D eigenvalue weighted by atomic mass is 9.95. The normalized spacial score (nSPS) is 14.1. The summed E-state index contributed by atoms with van der Waals surface area (Å²) in [6.07, 6.45) is 0. The quantitative estimate of drug-likeness (QED) is 0.855. The molecule has 2 rings (SSSR count). The van der Waals surface area contributed by atoms with Gasteiger partial charge in [0.1, 0.15) is 0 Å². The Balaban J connectivity index is 2.04. The topological polar surface area (TPSA) is 33.1 Å². The lowest BCUT2D eigenvalue weighted by molar-refractivity contribution is 0.0347. The van der Waals surface area contributed by atoms with Crippen LogP contribution in [0.4, 0.5) is 0 Å². The number of para-hydroxylation sites is 1. The molecule has 0 bridgehead atoms. The van der Waals surface area contributed by atoms with E-state index in [0.29, 0.717) is 0 Å². The highest BCUT2D eigenvalue weighted by Gasteiger charge is 2.22. The molecular weight excluding hydrogens is 250 g/mol. The molecule has 0 aliphatic heterocycles. The van der Waals surface area contributed by atoms with Crippen molar-refractivity contribution in [3.05, 3.63) is 24.3 Å². The lowest BCUT2D eigenvalue weighted by Crippen LogP contribution is -2.30. The Kier molecular flexibility index (Phi) is 3.76. The van der Waals surface area contributed by atoms with Gasteiger partial charge < -0.3 is 5.11 Å². The first-order valence-electron chi connectivity index (χ1n) is 5.67. The molecule has 1 aromatic heterocycles. The van der Waals surface area contributed by atoms with E-state index in [1.54, 1.807) is 23.1 Å². The van der Waals surface area contributed by atoms with Gasteiger partial charge in [0.25, 0.3) is 0 Å². The molecule has 2 nitrogen and oxygen atoms in total. The molecule has 2 aromatic rings. The molecule has 0 saturated carbocycles. The maximum atomic E-state index is 9.87. The van der Waals surface area contributed by atoms with Gasteiger partial charge in [0.05, 0.1) is 15.8 Å². The fraction of sp³-hybridized carbons (Fsp3) is 0.462. The highest BCUT2D eigenvalue weighted by Crippen LogP contribution is 2.32. The van der Waals surface area contributed by atoms with Gasteiger partial charge in [0.15, 0.2) is 4.34 Å². The van der Waals surface area contributed by atoms with Crippen molar-refractivity contribution in [1.82, 2.24) is 4.98 Å². The number of rotatable bonds is 4. The molecule has 1 atom stereocenters. The van der Waals surface area contributed by atoms with E-state index in [9.17, 15) is 5.11 Å². The number of hydrogen-bond donors (Lipinski definition) is 1. The minimum absolute atomic E-state index is 0.250. The van der Waals surface area contributed by atoms with Crippen molar-refractivity contribution >= 4 is 33.3 Å². The van der Waals surface area contributed by atoms with Crippen LogP contribution in [0.5, 0.6) is 0 Å². The third-order valence-electron chi connectivity index (χ3n) is 2.94. The predicted octanol–water partition coefficient (Wildman–Crippen LogP) is 3.80. The van der Waals surface area contributed by atoms with Crippen LogP contribution in [-0.4, -0.2) is 21.4 Å². The van der Waals surface area contributed by atoms with E-state index in [4.69, 9.17) is 0 Å². The van der Waals surface area contributed by atoms with Crippen LogP contribution >= 0.6 is 23.1 Å². The molecule has 92 valence electrons. The molecule has 4 heteroatoms. The third-order valence-corrected chi connectivity index (χ3v) is 5.38. The molecule has 0 amide bonds. The number of thiazole rings is 1. The van der Waals surface area contributed by atoms with Crippen LogP contribution in [0.1, 0.15) is 20.8 Å². The Morgan fingerprint density at radius 1 is 1.41 bits per heavy atom. The van der Waals surface area contributed by atoms with Crippen LogP contribution in [0.3, 0.4) is 0 Å². The average molecular weight is 267 g/mol. The second kappa shape index (κ2) is 4.96. The van der Waals surface area contributed by atoms with Gasteiger partial charge in [-0.15, -0.1) is 11.3 Å². The van der Waals surface area contributed by atoms with Crippen molar-refractivity contribution in [3.63, 3.8) is 0 Å². The highest BCUT2D eigenvalue weighted by atomic mass is 32.2. The number of nitrogens with zero attached hydrogens (tertiary/aromatic N) is 1. The van der Waals surface area contributed by atoms with Gasteiger partial charge in [-0.05, 0) is 31.9 Å². The summed E-state index contributed by atoms with van der Waals surface area (Å²) in [5, 5.41) is 9.87. The number of aromatic nitrogens is 1. The van der Waals surface area contributed by atoms with Crippen LogP contribution < -0.4 is 0 Å². The summed E-state index contributed by atoms with van der Waals surface area (Å²) in [5.74, 6) is 1.14. The van der Waals surface area contributed by atoms with Gasteiger partial charge in [-0.2, -0.15) is 0 Å². The molecule has 0 fully saturated rings. The molecular formula is C13H17NOS2. The summed E-state index contributed by atoms with van der Waals surface area (Å²) in [4.78, 5) is 4.57. The van der Waals surface area contributed by atoms with E-state index in [0.717, 1.165) is 15.6 Å². The first-order valence-corrected chi connectivity index (χ1v) is 7.48. The lowest BCUT2D eigenvalue weighted by Gasteiger charge is -2.24. The van der Waals surface area contributed by atoms with E-state index >= 15 is 0 Å². The molecule has 1 aromatic carbocycles. The molecule has 0 aliphatic carbocycles.